The molecule has 8 heteroatoms. The molecule has 0 aromatic heterocycles. The molecule has 1 aromatic rings. The summed E-state index contributed by atoms with van der Waals surface area (Å²) in [5.41, 5.74) is 0. The van der Waals surface area contributed by atoms with Gasteiger partial charge in [-0.1, -0.05) is 0 Å². The first-order chi connectivity index (χ1) is 10.1. The second-order valence-electron chi connectivity index (χ2n) is 4.83. The van der Waals surface area contributed by atoms with E-state index in [0.717, 1.165) is 0 Å². The lowest BCUT2D eigenvalue weighted by molar-refractivity contribution is -0.277. The van der Waals surface area contributed by atoms with Crippen molar-refractivity contribution in [1.29, 1.82) is 0 Å². The molecule has 1 fully saturated rings. The predicted molar refractivity (Wildman–Crippen MR) is 67.0 cm³/mol. The van der Waals surface area contributed by atoms with Crippen LogP contribution in [0.4, 0.5) is 0 Å². The summed E-state index contributed by atoms with van der Waals surface area (Å²) in [7, 11) is 0. The number of ether oxygens (including phenoxy) is 4. The first kappa shape index (κ1) is 14.4. The summed E-state index contributed by atoms with van der Waals surface area (Å²) in [5, 5.41) is 38.4. The summed E-state index contributed by atoms with van der Waals surface area (Å²) < 4.78 is 21.1. The molecular formula is C13H16O8. The topological polar surface area (TPSA) is 118 Å². The van der Waals surface area contributed by atoms with E-state index in [0.29, 0.717) is 17.2 Å². The largest absolute Gasteiger partial charge is 0.462 e. The molecule has 1 aromatic carbocycles. The minimum Gasteiger partial charge on any atom is -0.462 e. The Hall–Kier alpha value is -1.58. The van der Waals surface area contributed by atoms with Crippen molar-refractivity contribution in [2.24, 2.45) is 0 Å². The Morgan fingerprint density at radius 1 is 1.05 bits per heavy atom. The SMILES string of the molecule is OC[C@H]1O[C@@H](Oc2ccc3c(c2)OCO3)[C@H](O)[C@@H](O)[C@@H]1O. The van der Waals surface area contributed by atoms with Crippen LogP contribution in [-0.2, 0) is 4.74 Å². The molecule has 0 aliphatic carbocycles. The van der Waals surface area contributed by atoms with Gasteiger partial charge >= 0.3 is 0 Å². The van der Waals surface area contributed by atoms with E-state index in [1.54, 1.807) is 18.2 Å². The molecule has 116 valence electrons. The highest BCUT2D eigenvalue weighted by Crippen LogP contribution is 2.36. The van der Waals surface area contributed by atoms with E-state index in [4.69, 9.17) is 24.1 Å². The summed E-state index contributed by atoms with van der Waals surface area (Å²) in [5.74, 6) is 1.41. The molecule has 5 atom stereocenters. The Bertz CT molecular complexity index is 505. The highest BCUT2D eigenvalue weighted by Gasteiger charge is 2.44. The Balaban J connectivity index is 1.74. The molecule has 0 spiro atoms. The molecule has 2 heterocycles. The van der Waals surface area contributed by atoms with Crippen molar-refractivity contribution in [1.82, 2.24) is 0 Å². The van der Waals surface area contributed by atoms with E-state index >= 15 is 0 Å². The smallest absolute Gasteiger partial charge is 0.231 e. The zero-order valence-electron chi connectivity index (χ0n) is 11.0. The van der Waals surface area contributed by atoms with Crippen LogP contribution < -0.4 is 14.2 Å². The molecule has 4 N–H and O–H groups in total. The zero-order chi connectivity index (χ0) is 15.0. The van der Waals surface area contributed by atoms with E-state index < -0.39 is 37.3 Å². The molecular weight excluding hydrogens is 284 g/mol. The minimum absolute atomic E-state index is 0.124. The second kappa shape index (κ2) is 5.66. The van der Waals surface area contributed by atoms with Crippen molar-refractivity contribution in [3.05, 3.63) is 18.2 Å². The first-order valence-electron chi connectivity index (χ1n) is 6.47. The van der Waals surface area contributed by atoms with Crippen LogP contribution in [0.3, 0.4) is 0 Å². The van der Waals surface area contributed by atoms with Gasteiger partial charge in [0.15, 0.2) is 11.5 Å². The lowest BCUT2D eigenvalue weighted by Crippen LogP contribution is -2.60. The number of fused-ring (bicyclic) bond motifs is 1. The van der Waals surface area contributed by atoms with Crippen molar-refractivity contribution < 1.29 is 39.4 Å². The fourth-order valence-corrected chi connectivity index (χ4v) is 2.25. The summed E-state index contributed by atoms with van der Waals surface area (Å²) in [6.07, 6.45) is -6.58. The van der Waals surface area contributed by atoms with Gasteiger partial charge in [0.05, 0.1) is 6.61 Å². The average molecular weight is 300 g/mol. The molecule has 0 unspecified atom stereocenters. The molecule has 8 nitrogen and oxygen atoms in total. The molecule has 21 heavy (non-hydrogen) atoms. The molecule has 0 amide bonds. The third-order valence-electron chi connectivity index (χ3n) is 3.44. The number of aliphatic hydroxyl groups is 4. The Kier molecular flexibility index (Phi) is 3.87. The standard InChI is InChI=1S/C13H16O8/c14-4-9-10(15)11(16)12(17)13(21-9)20-6-1-2-7-8(3-6)19-5-18-7/h1-3,9-17H,4-5H2/t9-,10-,11+,12-,13-/m1/s1. The summed E-state index contributed by atoms with van der Waals surface area (Å²) >= 11 is 0. The molecule has 3 rings (SSSR count). The maximum Gasteiger partial charge on any atom is 0.231 e. The Labute approximate surface area is 120 Å². The van der Waals surface area contributed by atoms with Gasteiger partial charge in [0.25, 0.3) is 0 Å². The van der Waals surface area contributed by atoms with E-state index in [1.165, 1.54) is 0 Å². The summed E-state index contributed by atoms with van der Waals surface area (Å²) in [6, 6.07) is 4.79. The van der Waals surface area contributed by atoms with E-state index in [1.807, 2.05) is 0 Å². The number of aliphatic hydroxyl groups excluding tert-OH is 4. The van der Waals surface area contributed by atoms with Crippen molar-refractivity contribution >= 4 is 0 Å². The van der Waals surface area contributed by atoms with Gasteiger partial charge in [0.2, 0.25) is 13.1 Å². The third kappa shape index (κ3) is 2.63. The Morgan fingerprint density at radius 2 is 1.81 bits per heavy atom. The van der Waals surface area contributed by atoms with Gasteiger partial charge in [0.1, 0.15) is 30.2 Å². The number of hydrogen-bond acceptors (Lipinski definition) is 8. The molecule has 1 saturated heterocycles. The third-order valence-corrected chi connectivity index (χ3v) is 3.44. The van der Waals surface area contributed by atoms with Crippen molar-refractivity contribution in [2.45, 2.75) is 30.7 Å². The van der Waals surface area contributed by atoms with Crippen LogP contribution in [0.2, 0.25) is 0 Å². The quantitative estimate of drug-likeness (QED) is 0.538. The van der Waals surface area contributed by atoms with Crippen LogP contribution in [0.5, 0.6) is 17.2 Å². The summed E-state index contributed by atoms with van der Waals surface area (Å²) in [4.78, 5) is 0. The fraction of sp³-hybridized carbons (Fsp3) is 0.538. The molecule has 2 aliphatic heterocycles. The van der Waals surface area contributed by atoms with Gasteiger partial charge in [-0.2, -0.15) is 0 Å². The van der Waals surface area contributed by atoms with Gasteiger partial charge in [0, 0.05) is 6.07 Å². The predicted octanol–water partition coefficient (Wildman–Crippen LogP) is -1.41. The van der Waals surface area contributed by atoms with Gasteiger partial charge < -0.3 is 39.4 Å². The van der Waals surface area contributed by atoms with Crippen molar-refractivity contribution in [2.75, 3.05) is 13.4 Å². The minimum atomic E-state index is -1.48. The highest BCUT2D eigenvalue weighted by molar-refractivity contribution is 5.46. The van der Waals surface area contributed by atoms with Crippen molar-refractivity contribution in [3.8, 4) is 17.2 Å². The first-order valence-corrected chi connectivity index (χ1v) is 6.47. The monoisotopic (exact) mass is 300 g/mol. The zero-order valence-corrected chi connectivity index (χ0v) is 11.0. The van der Waals surface area contributed by atoms with Crippen LogP contribution in [0.25, 0.3) is 0 Å². The second-order valence-corrected chi connectivity index (χ2v) is 4.83. The number of rotatable bonds is 3. The van der Waals surface area contributed by atoms with E-state index in [2.05, 4.69) is 0 Å². The Morgan fingerprint density at radius 3 is 2.57 bits per heavy atom. The number of benzene rings is 1. The summed E-state index contributed by atoms with van der Waals surface area (Å²) in [6.45, 7) is -0.384. The van der Waals surface area contributed by atoms with Gasteiger partial charge in [-0.3, -0.25) is 0 Å². The van der Waals surface area contributed by atoms with Gasteiger partial charge in [-0.15, -0.1) is 0 Å². The van der Waals surface area contributed by atoms with E-state index in [9.17, 15) is 15.3 Å². The average Bonchev–Trinajstić information content (AvgIpc) is 2.95. The van der Waals surface area contributed by atoms with Crippen LogP contribution in [-0.4, -0.2) is 64.5 Å². The van der Waals surface area contributed by atoms with E-state index in [-0.39, 0.29) is 6.79 Å². The maximum absolute atomic E-state index is 9.88. The van der Waals surface area contributed by atoms with Crippen LogP contribution in [0.1, 0.15) is 0 Å². The highest BCUT2D eigenvalue weighted by atomic mass is 16.7. The normalized spacial score (nSPS) is 34.8. The maximum atomic E-state index is 9.88. The molecule has 0 radical (unpaired) electrons. The lowest BCUT2D eigenvalue weighted by atomic mass is 9.99. The molecule has 2 aliphatic rings. The van der Waals surface area contributed by atoms with Crippen LogP contribution in [0, 0.1) is 0 Å². The fourth-order valence-electron chi connectivity index (χ4n) is 2.25. The van der Waals surface area contributed by atoms with Crippen molar-refractivity contribution in [3.63, 3.8) is 0 Å². The number of hydrogen-bond donors (Lipinski definition) is 4. The van der Waals surface area contributed by atoms with Crippen LogP contribution >= 0.6 is 0 Å². The lowest BCUT2D eigenvalue weighted by Gasteiger charge is -2.39. The van der Waals surface area contributed by atoms with Gasteiger partial charge in [-0.05, 0) is 12.1 Å². The van der Waals surface area contributed by atoms with Crippen LogP contribution in [0.15, 0.2) is 18.2 Å². The van der Waals surface area contributed by atoms with Gasteiger partial charge in [-0.25, -0.2) is 0 Å². The molecule has 0 bridgehead atoms. The molecule has 0 saturated carbocycles.